The predicted octanol–water partition coefficient (Wildman–Crippen LogP) is 5.16. The van der Waals surface area contributed by atoms with E-state index >= 15 is 0 Å². The summed E-state index contributed by atoms with van der Waals surface area (Å²) >= 11 is 5.92. The molecule has 0 radical (unpaired) electrons. The first-order valence-corrected chi connectivity index (χ1v) is 9.63. The third-order valence-corrected chi connectivity index (χ3v) is 4.88. The van der Waals surface area contributed by atoms with Gasteiger partial charge in [-0.1, -0.05) is 37.1 Å². The summed E-state index contributed by atoms with van der Waals surface area (Å²) in [7, 11) is 0. The Morgan fingerprint density at radius 3 is 2.45 bits per heavy atom. The smallest absolute Gasteiger partial charge is 0.331 e. The highest BCUT2D eigenvalue weighted by Gasteiger charge is 2.37. The lowest BCUT2D eigenvalue weighted by molar-refractivity contribution is -0.132. The summed E-state index contributed by atoms with van der Waals surface area (Å²) in [6, 6.07) is 12.2. The second kappa shape index (κ2) is 9.01. The molecule has 1 atom stereocenters. The van der Waals surface area contributed by atoms with E-state index in [4.69, 9.17) is 11.6 Å². The molecular weight excluding hydrogens is 395 g/mol. The minimum absolute atomic E-state index is 0.00840. The number of hydrogen-bond donors (Lipinski definition) is 1. The normalized spacial score (nSPS) is 16.9. The summed E-state index contributed by atoms with van der Waals surface area (Å²) in [6.07, 6.45) is 2.84. The second-order valence-corrected chi connectivity index (χ2v) is 7.19. The number of anilines is 1. The molecule has 1 heterocycles. The standard InChI is InChI=1S/C22H20ClFN2O3/c1-2-3-20-19(21(27)26(25-20)18-10-6-16(23)7-11-18)13-15(22(28)29)12-14-4-8-17(24)9-5-14/h4-12,19H,2-3,13H2,1H3,(H,28,29)/b15-12-. The zero-order valence-electron chi connectivity index (χ0n) is 15.8. The third-order valence-electron chi connectivity index (χ3n) is 4.62. The molecule has 0 bridgehead atoms. The summed E-state index contributed by atoms with van der Waals surface area (Å²) in [5, 5.41) is 16.0. The molecule has 1 amide bonds. The van der Waals surface area contributed by atoms with Gasteiger partial charge in [0.25, 0.3) is 5.91 Å². The maximum absolute atomic E-state index is 13.1. The number of rotatable bonds is 7. The van der Waals surface area contributed by atoms with E-state index in [1.165, 1.54) is 35.4 Å². The molecule has 1 aliphatic rings. The van der Waals surface area contributed by atoms with Crippen LogP contribution in [0.5, 0.6) is 0 Å². The Hall–Kier alpha value is -2.99. The van der Waals surface area contributed by atoms with Gasteiger partial charge in [-0.05, 0) is 60.9 Å². The quantitative estimate of drug-likeness (QED) is 0.636. The van der Waals surface area contributed by atoms with Crippen LogP contribution in [0.4, 0.5) is 10.1 Å². The molecule has 2 aromatic rings. The van der Waals surface area contributed by atoms with Crippen molar-refractivity contribution in [2.45, 2.75) is 26.2 Å². The van der Waals surface area contributed by atoms with Crippen molar-refractivity contribution < 1.29 is 19.1 Å². The van der Waals surface area contributed by atoms with Crippen LogP contribution in [0.1, 0.15) is 31.7 Å². The molecule has 0 aromatic heterocycles. The highest BCUT2D eigenvalue weighted by Crippen LogP contribution is 2.30. The van der Waals surface area contributed by atoms with E-state index in [0.717, 1.165) is 6.42 Å². The number of aliphatic carboxylic acids is 1. The van der Waals surface area contributed by atoms with E-state index in [9.17, 15) is 19.1 Å². The molecule has 0 fully saturated rings. The first kappa shape index (κ1) is 20.7. The molecule has 7 heteroatoms. The van der Waals surface area contributed by atoms with Gasteiger partial charge in [-0.15, -0.1) is 0 Å². The Morgan fingerprint density at radius 2 is 1.86 bits per heavy atom. The second-order valence-electron chi connectivity index (χ2n) is 6.75. The van der Waals surface area contributed by atoms with Crippen LogP contribution in [0, 0.1) is 11.7 Å². The van der Waals surface area contributed by atoms with E-state index < -0.39 is 17.7 Å². The van der Waals surface area contributed by atoms with Crippen molar-refractivity contribution in [3.05, 3.63) is 70.5 Å². The topological polar surface area (TPSA) is 70.0 Å². The first-order chi connectivity index (χ1) is 13.9. The molecule has 0 aliphatic carbocycles. The molecule has 29 heavy (non-hydrogen) atoms. The minimum Gasteiger partial charge on any atom is -0.478 e. The fraction of sp³-hybridized carbons (Fsp3) is 0.227. The van der Waals surface area contributed by atoms with Crippen LogP contribution in [0.15, 0.2) is 59.2 Å². The Kier molecular flexibility index (Phi) is 6.44. The molecule has 0 spiro atoms. The van der Waals surface area contributed by atoms with Crippen molar-refractivity contribution in [2.75, 3.05) is 5.01 Å². The van der Waals surface area contributed by atoms with Crippen molar-refractivity contribution in [1.82, 2.24) is 0 Å². The van der Waals surface area contributed by atoms with Crippen LogP contribution < -0.4 is 5.01 Å². The number of nitrogens with zero attached hydrogens (tertiary/aromatic N) is 2. The zero-order chi connectivity index (χ0) is 21.0. The average Bonchev–Trinajstić information content (AvgIpc) is 2.99. The Bertz CT molecular complexity index is 969. The molecule has 150 valence electrons. The molecule has 0 saturated heterocycles. The van der Waals surface area contributed by atoms with Crippen LogP contribution in [0.25, 0.3) is 6.08 Å². The number of hydrogen-bond acceptors (Lipinski definition) is 3. The van der Waals surface area contributed by atoms with Gasteiger partial charge in [0.2, 0.25) is 0 Å². The molecule has 2 aromatic carbocycles. The fourth-order valence-corrected chi connectivity index (χ4v) is 3.30. The monoisotopic (exact) mass is 414 g/mol. The Labute approximate surface area is 173 Å². The van der Waals surface area contributed by atoms with Crippen molar-refractivity contribution in [3.8, 4) is 0 Å². The molecule has 1 unspecified atom stereocenters. The Morgan fingerprint density at radius 1 is 1.21 bits per heavy atom. The highest BCUT2D eigenvalue weighted by molar-refractivity contribution is 6.30. The minimum atomic E-state index is -1.12. The molecular formula is C22H20ClFN2O3. The van der Waals surface area contributed by atoms with Crippen LogP contribution in [-0.4, -0.2) is 22.7 Å². The van der Waals surface area contributed by atoms with E-state index in [2.05, 4.69) is 5.10 Å². The van der Waals surface area contributed by atoms with Crippen LogP contribution in [0.3, 0.4) is 0 Å². The van der Waals surface area contributed by atoms with Crippen LogP contribution in [-0.2, 0) is 9.59 Å². The lowest BCUT2D eigenvalue weighted by Crippen LogP contribution is -2.28. The molecule has 5 nitrogen and oxygen atoms in total. The average molecular weight is 415 g/mol. The third kappa shape index (κ3) is 4.90. The SMILES string of the molecule is CCCC1=NN(c2ccc(Cl)cc2)C(=O)C1C/C(=C/c1ccc(F)cc1)C(=O)O. The van der Waals surface area contributed by atoms with Gasteiger partial charge >= 0.3 is 5.97 Å². The van der Waals surface area contributed by atoms with E-state index in [1.807, 2.05) is 6.92 Å². The summed E-state index contributed by atoms with van der Waals surface area (Å²) in [5.74, 6) is -2.46. The van der Waals surface area contributed by atoms with Crippen LogP contribution in [0.2, 0.25) is 5.02 Å². The van der Waals surface area contributed by atoms with Crippen molar-refractivity contribution in [2.24, 2.45) is 11.0 Å². The van der Waals surface area contributed by atoms with Crippen molar-refractivity contribution >= 4 is 41.0 Å². The van der Waals surface area contributed by atoms with Gasteiger partial charge in [0.05, 0.1) is 17.3 Å². The molecule has 1 aliphatic heterocycles. The first-order valence-electron chi connectivity index (χ1n) is 9.25. The number of carbonyl (C=O) groups is 2. The predicted molar refractivity (Wildman–Crippen MR) is 111 cm³/mol. The number of halogens is 2. The lowest BCUT2D eigenvalue weighted by Gasteiger charge is -2.15. The number of amides is 1. The summed E-state index contributed by atoms with van der Waals surface area (Å²) in [4.78, 5) is 24.8. The van der Waals surface area contributed by atoms with Gasteiger partial charge in [-0.3, -0.25) is 4.79 Å². The number of carboxylic acids is 1. The van der Waals surface area contributed by atoms with E-state index in [0.29, 0.717) is 28.4 Å². The molecule has 0 saturated carbocycles. The van der Waals surface area contributed by atoms with Gasteiger partial charge in [0, 0.05) is 10.6 Å². The van der Waals surface area contributed by atoms with E-state index in [1.54, 1.807) is 24.3 Å². The van der Waals surface area contributed by atoms with Crippen molar-refractivity contribution in [1.29, 1.82) is 0 Å². The highest BCUT2D eigenvalue weighted by atomic mass is 35.5. The maximum atomic E-state index is 13.1. The summed E-state index contributed by atoms with van der Waals surface area (Å²) in [5.41, 5.74) is 1.85. The van der Waals surface area contributed by atoms with Gasteiger partial charge in [0.1, 0.15) is 5.82 Å². The fourth-order valence-electron chi connectivity index (χ4n) is 3.18. The van der Waals surface area contributed by atoms with Gasteiger partial charge < -0.3 is 5.11 Å². The Balaban J connectivity index is 1.89. The largest absolute Gasteiger partial charge is 0.478 e. The summed E-state index contributed by atoms with van der Waals surface area (Å²) < 4.78 is 13.1. The van der Waals surface area contributed by atoms with E-state index in [-0.39, 0.29) is 17.9 Å². The van der Waals surface area contributed by atoms with Gasteiger partial charge in [-0.2, -0.15) is 5.10 Å². The lowest BCUT2D eigenvalue weighted by atomic mass is 9.91. The molecule has 1 N–H and O–H groups in total. The zero-order valence-corrected chi connectivity index (χ0v) is 16.6. The number of carbonyl (C=O) groups excluding carboxylic acids is 1. The van der Waals surface area contributed by atoms with Crippen molar-refractivity contribution in [3.63, 3.8) is 0 Å². The number of hydrazone groups is 1. The number of benzene rings is 2. The number of carboxylic acid groups (broad SMARTS) is 1. The summed E-state index contributed by atoms with van der Waals surface area (Å²) in [6.45, 7) is 1.97. The molecule has 3 rings (SSSR count). The van der Waals surface area contributed by atoms with Crippen LogP contribution >= 0.6 is 11.6 Å². The maximum Gasteiger partial charge on any atom is 0.331 e. The van der Waals surface area contributed by atoms with Gasteiger partial charge in [0.15, 0.2) is 0 Å². The van der Waals surface area contributed by atoms with Gasteiger partial charge in [-0.25, -0.2) is 14.2 Å².